The van der Waals surface area contributed by atoms with Crippen LogP contribution in [0.25, 0.3) is 0 Å². The predicted octanol–water partition coefficient (Wildman–Crippen LogP) is 2.12. The molecule has 6 nitrogen and oxygen atoms in total. The number of rotatable bonds is 5. The van der Waals surface area contributed by atoms with Gasteiger partial charge in [0.1, 0.15) is 17.2 Å². The van der Waals surface area contributed by atoms with Gasteiger partial charge in [0.15, 0.2) is 0 Å². The van der Waals surface area contributed by atoms with Crippen LogP contribution in [-0.4, -0.2) is 31.1 Å². The third-order valence-corrected chi connectivity index (χ3v) is 3.95. The van der Waals surface area contributed by atoms with Gasteiger partial charge in [-0.15, -0.1) is 0 Å². The first kappa shape index (κ1) is 17.7. The second-order valence-electron chi connectivity index (χ2n) is 5.61. The maximum atomic E-state index is 13.8. The molecule has 1 saturated carbocycles. The lowest BCUT2D eigenvalue weighted by atomic mass is 10.00. The Morgan fingerprint density at radius 1 is 1.29 bits per heavy atom. The second kappa shape index (κ2) is 7.25. The lowest BCUT2D eigenvalue weighted by Gasteiger charge is -2.22. The summed E-state index contributed by atoms with van der Waals surface area (Å²) in [5.74, 6) is -3.43. The summed E-state index contributed by atoms with van der Waals surface area (Å²) in [7, 11) is 1.08. The Balaban J connectivity index is 2.05. The molecule has 0 spiro atoms. The third kappa shape index (κ3) is 3.79. The molecule has 0 unspecified atom stereocenters. The Kier molecular flexibility index (Phi) is 5.34. The Labute approximate surface area is 137 Å². The number of hydrogen-bond acceptors (Lipinski definition) is 5. The Morgan fingerprint density at radius 2 is 1.96 bits per heavy atom. The standard InChI is InChI=1S/C16H17F2N3O3/c1-24-15(23)10-6-13(12(18)7-11(10)17)20-8-14(22)21-16(9-19)4-2-3-5-16/h6-7,20H,2-5,8H2,1H3,(H,21,22). The molecule has 1 aromatic rings. The minimum atomic E-state index is -1.05. The van der Waals surface area contributed by atoms with Gasteiger partial charge in [-0.05, 0) is 31.7 Å². The number of nitrogens with zero attached hydrogens (tertiary/aromatic N) is 1. The van der Waals surface area contributed by atoms with Crippen LogP contribution in [-0.2, 0) is 9.53 Å². The van der Waals surface area contributed by atoms with E-state index in [9.17, 15) is 23.6 Å². The van der Waals surface area contributed by atoms with Crippen molar-refractivity contribution in [3.63, 3.8) is 0 Å². The van der Waals surface area contributed by atoms with Gasteiger partial charge in [-0.1, -0.05) is 0 Å². The minimum absolute atomic E-state index is 0.204. The summed E-state index contributed by atoms with van der Waals surface area (Å²) < 4.78 is 31.7. The van der Waals surface area contributed by atoms with Crippen LogP contribution in [0.5, 0.6) is 0 Å². The lowest BCUT2D eigenvalue weighted by Crippen LogP contribution is -2.47. The summed E-state index contributed by atoms with van der Waals surface area (Å²) >= 11 is 0. The van der Waals surface area contributed by atoms with Crippen LogP contribution in [0.3, 0.4) is 0 Å². The summed E-state index contributed by atoms with van der Waals surface area (Å²) in [5, 5.41) is 14.4. The number of amides is 1. The molecule has 0 saturated heterocycles. The van der Waals surface area contributed by atoms with Crippen molar-refractivity contribution in [2.45, 2.75) is 31.2 Å². The van der Waals surface area contributed by atoms with E-state index in [1.165, 1.54) is 0 Å². The van der Waals surface area contributed by atoms with Crippen molar-refractivity contribution in [2.75, 3.05) is 19.0 Å². The van der Waals surface area contributed by atoms with E-state index in [2.05, 4.69) is 21.4 Å². The van der Waals surface area contributed by atoms with E-state index in [-0.39, 0.29) is 12.2 Å². The van der Waals surface area contributed by atoms with Crippen molar-refractivity contribution in [2.24, 2.45) is 0 Å². The number of ether oxygens (including phenoxy) is 1. The summed E-state index contributed by atoms with van der Waals surface area (Å²) in [6.07, 6.45) is 2.87. The van der Waals surface area contributed by atoms with E-state index >= 15 is 0 Å². The van der Waals surface area contributed by atoms with Gasteiger partial charge in [-0.3, -0.25) is 4.79 Å². The van der Waals surface area contributed by atoms with Gasteiger partial charge in [0.25, 0.3) is 0 Å². The molecule has 2 rings (SSSR count). The highest BCUT2D eigenvalue weighted by atomic mass is 19.1. The zero-order chi connectivity index (χ0) is 17.7. The molecule has 128 valence electrons. The zero-order valence-corrected chi connectivity index (χ0v) is 13.1. The van der Waals surface area contributed by atoms with E-state index < -0.39 is 34.6 Å². The van der Waals surface area contributed by atoms with Crippen molar-refractivity contribution in [3.05, 3.63) is 29.3 Å². The monoisotopic (exact) mass is 337 g/mol. The fourth-order valence-corrected chi connectivity index (χ4v) is 2.68. The van der Waals surface area contributed by atoms with Crippen LogP contribution in [0.15, 0.2) is 12.1 Å². The number of halogens is 2. The molecule has 1 fully saturated rings. The third-order valence-electron chi connectivity index (χ3n) is 3.95. The van der Waals surface area contributed by atoms with Gasteiger partial charge in [-0.2, -0.15) is 5.26 Å². The van der Waals surface area contributed by atoms with Crippen LogP contribution in [0.1, 0.15) is 36.0 Å². The first-order chi connectivity index (χ1) is 11.4. The fraction of sp³-hybridized carbons (Fsp3) is 0.438. The number of methoxy groups -OCH3 is 1. The molecule has 1 aromatic carbocycles. The molecule has 1 aliphatic carbocycles. The van der Waals surface area contributed by atoms with E-state index in [0.29, 0.717) is 18.9 Å². The molecule has 24 heavy (non-hydrogen) atoms. The predicted molar refractivity (Wildman–Crippen MR) is 81.1 cm³/mol. The topological polar surface area (TPSA) is 91.2 Å². The van der Waals surface area contributed by atoms with Crippen molar-refractivity contribution < 1.29 is 23.1 Å². The SMILES string of the molecule is COC(=O)c1cc(NCC(=O)NC2(C#N)CCCC2)c(F)cc1F. The summed E-state index contributed by atoms with van der Waals surface area (Å²) in [6, 6.07) is 3.60. The summed E-state index contributed by atoms with van der Waals surface area (Å²) in [4.78, 5) is 23.4. The highest BCUT2D eigenvalue weighted by Gasteiger charge is 2.35. The first-order valence-corrected chi connectivity index (χ1v) is 7.44. The maximum absolute atomic E-state index is 13.8. The van der Waals surface area contributed by atoms with Crippen LogP contribution >= 0.6 is 0 Å². The van der Waals surface area contributed by atoms with Gasteiger partial charge in [0.2, 0.25) is 5.91 Å². The highest BCUT2D eigenvalue weighted by molar-refractivity contribution is 5.91. The Morgan fingerprint density at radius 3 is 2.54 bits per heavy atom. The van der Waals surface area contributed by atoms with E-state index in [0.717, 1.165) is 26.0 Å². The molecule has 0 aromatic heterocycles. The molecular weight excluding hydrogens is 320 g/mol. The Hall–Kier alpha value is -2.69. The van der Waals surface area contributed by atoms with Gasteiger partial charge < -0.3 is 15.4 Å². The minimum Gasteiger partial charge on any atom is -0.465 e. The molecule has 0 atom stereocenters. The normalized spacial score (nSPS) is 15.4. The number of benzene rings is 1. The molecule has 1 amide bonds. The van der Waals surface area contributed by atoms with Gasteiger partial charge in [-0.25, -0.2) is 13.6 Å². The van der Waals surface area contributed by atoms with Crippen LogP contribution in [0.2, 0.25) is 0 Å². The number of esters is 1. The summed E-state index contributed by atoms with van der Waals surface area (Å²) in [5.41, 5.74) is -1.52. The van der Waals surface area contributed by atoms with E-state index in [4.69, 9.17) is 0 Å². The van der Waals surface area contributed by atoms with Crippen LogP contribution < -0.4 is 10.6 Å². The molecule has 0 aliphatic heterocycles. The molecular formula is C16H17F2N3O3. The largest absolute Gasteiger partial charge is 0.465 e. The van der Waals surface area contributed by atoms with Crippen LogP contribution in [0.4, 0.5) is 14.5 Å². The number of hydrogen-bond donors (Lipinski definition) is 2. The average Bonchev–Trinajstić information content (AvgIpc) is 3.02. The lowest BCUT2D eigenvalue weighted by molar-refractivity contribution is -0.120. The number of anilines is 1. The highest BCUT2D eigenvalue weighted by Crippen LogP contribution is 2.28. The van der Waals surface area contributed by atoms with Crippen LogP contribution in [0, 0.1) is 23.0 Å². The first-order valence-electron chi connectivity index (χ1n) is 7.44. The Bertz CT molecular complexity index is 695. The van der Waals surface area contributed by atoms with E-state index in [1.54, 1.807) is 0 Å². The number of carbonyl (C=O) groups excluding carboxylic acids is 2. The van der Waals surface area contributed by atoms with Crippen molar-refractivity contribution >= 4 is 17.6 Å². The molecule has 0 heterocycles. The van der Waals surface area contributed by atoms with Gasteiger partial charge in [0.05, 0.1) is 31.0 Å². The van der Waals surface area contributed by atoms with Gasteiger partial charge in [0, 0.05) is 6.07 Å². The summed E-state index contributed by atoms with van der Waals surface area (Å²) in [6.45, 7) is -0.313. The molecule has 8 heteroatoms. The van der Waals surface area contributed by atoms with E-state index in [1.807, 2.05) is 0 Å². The number of nitrogens with one attached hydrogen (secondary N) is 2. The zero-order valence-electron chi connectivity index (χ0n) is 13.1. The molecule has 0 radical (unpaired) electrons. The molecule has 2 N–H and O–H groups in total. The van der Waals surface area contributed by atoms with Crippen molar-refractivity contribution in [3.8, 4) is 6.07 Å². The van der Waals surface area contributed by atoms with Gasteiger partial charge >= 0.3 is 5.97 Å². The number of carbonyl (C=O) groups is 2. The molecule has 0 bridgehead atoms. The second-order valence-corrected chi connectivity index (χ2v) is 5.61. The fourth-order valence-electron chi connectivity index (χ4n) is 2.68. The number of nitriles is 1. The smallest absolute Gasteiger partial charge is 0.340 e. The maximum Gasteiger partial charge on any atom is 0.340 e. The van der Waals surface area contributed by atoms with Crippen molar-refractivity contribution in [1.29, 1.82) is 5.26 Å². The van der Waals surface area contributed by atoms with Crippen molar-refractivity contribution in [1.82, 2.24) is 5.32 Å². The average molecular weight is 337 g/mol. The quantitative estimate of drug-likeness (QED) is 0.803. The molecule has 1 aliphatic rings.